The fourth-order valence-electron chi connectivity index (χ4n) is 2.56. The Bertz CT molecular complexity index is 267. The fraction of sp³-hybridized carbons (Fsp3) is 0.923. The molecule has 17 heavy (non-hydrogen) atoms. The molecule has 1 heterocycles. The molecule has 2 rings (SSSR count). The van der Waals surface area contributed by atoms with Crippen LogP contribution in [0.1, 0.15) is 32.6 Å². The van der Waals surface area contributed by atoms with E-state index in [0.717, 1.165) is 25.6 Å². The van der Waals surface area contributed by atoms with Crippen LogP contribution in [0.3, 0.4) is 0 Å². The number of nitrogens with one attached hydrogen (secondary N) is 1. The van der Waals surface area contributed by atoms with Crippen molar-refractivity contribution in [2.75, 3.05) is 32.4 Å². The van der Waals surface area contributed by atoms with Crippen molar-refractivity contribution in [2.24, 2.45) is 10.9 Å². The Kier molecular flexibility index (Phi) is 5.16. The van der Waals surface area contributed by atoms with E-state index >= 15 is 0 Å². The SMILES string of the molecule is CCN(C)CCN=C1NC2CCCCC2CS1. The van der Waals surface area contributed by atoms with E-state index in [0.29, 0.717) is 6.04 Å². The van der Waals surface area contributed by atoms with Gasteiger partial charge in [-0.15, -0.1) is 0 Å². The lowest BCUT2D eigenvalue weighted by Crippen LogP contribution is -2.46. The molecule has 0 aromatic rings. The Labute approximate surface area is 109 Å². The van der Waals surface area contributed by atoms with Gasteiger partial charge in [0.15, 0.2) is 5.17 Å². The zero-order valence-electron chi connectivity index (χ0n) is 11.1. The maximum atomic E-state index is 4.69. The van der Waals surface area contributed by atoms with Crippen LogP contribution in [-0.2, 0) is 0 Å². The van der Waals surface area contributed by atoms with Crippen LogP contribution in [0.25, 0.3) is 0 Å². The van der Waals surface area contributed by atoms with Gasteiger partial charge in [0.2, 0.25) is 0 Å². The first-order chi connectivity index (χ1) is 8.29. The summed E-state index contributed by atoms with van der Waals surface area (Å²) in [5.74, 6) is 2.17. The molecule has 0 spiro atoms. The van der Waals surface area contributed by atoms with Gasteiger partial charge in [-0.1, -0.05) is 31.5 Å². The molecule has 2 atom stereocenters. The third kappa shape index (κ3) is 3.88. The van der Waals surface area contributed by atoms with E-state index in [2.05, 4.69) is 29.2 Å². The fourth-order valence-corrected chi connectivity index (χ4v) is 3.74. The highest BCUT2D eigenvalue weighted by Crippen LogP contribution is 2.31. The predicted molar refractivity (Wildman–Crippen MR) is 76.8 cm³/mol. The van der Waals surface area contributed by atoms with Gasteiger partial charge >= 0.3 is 0 Å². The highest BCUT2D eigenvalue weighted by Gasteiger charge is 2.29. The van der Waals surface area contributed by atoms with E-state index in [9.17, 15) is 0 Å². The first-order valence-corrected chi connectivity index (χ1v) is 7.90. The molecule has 2 aliphatic rings. The quantitative estimate of drug-likeness (QED) is 0.834. The van der Waals surface area contributed by atoms with E-state index in [-0.39, 0.29) is 0 Å². The molecule has 2 fully saturated rings. The summed E-state index contributed by atoms with van der Waals surface area (Å²) in [6.07, 6.45) is 5.58. The zero-order chi connectivity index (χ0) is 12.1. The van der Waals surface area contributed by atoms with Gasteiger partial charge < -0.3 is 10.2 Å². The summed E-state index contributed by atoms with van der Waals surface area (Å²) in [6.45, 7) is 5.29. The maximum absolute atomic E-state index is 4.69. The highest BCUT2D eigenvalue weighted by molar-refractivity contribution is 8.13. The molecule has 0 radical (unpaired) electrons. The summed E-state index contributed by atoms with van der Waals surface area (Å²) in [5, 5.41) is 4.83. The second-order valence-corrected chi connectivity index (χ2v) is 6.20. The summed E-state index contributed by atoms with van der Waals surface area (Å²) in [4.78, 5) is 7.00. The maximum Gasteiger partial charge on any atom is 0.156 e. The van der Waals surface area contributed by atoms with Crippen LogP contribution in [0.2, 0.25) is 0 Å². The summed E-state index contributed by atoms with van der Waals surface area (Å²) >= 11 is 1.93. The molecule has 3 nitrogen and oxygen atoms in total. The van der Waals surface area contributed by atoms with Gasteiger partial charge in [0.1, 0.15) is 0 Å². The lowest BCUT2D eigenvalue weighted by atomic mass is 9.86. The molecule has 2 unspecified atom stereocenters. The average molecular weight is 255 g/mol. The Morgan fingerprint density at radius 1 is 1.41 bits per heavy atom. The van der Waals surface area contributed by atoms with Crippen molar-refractivity contribution in [1.82, 2.24) is 10.2 Å². The number of fused-ring (bicyclic) bond motifs is 1. The molecule has 1 saturated heterocycles. The normalized spacial score (nSPS) is 31.4. The number of amidine groups is 1. The van der Waals surface area contributed by atoms with Gasteiger partial charge in [0.25, 0.3) is 0 Å². The second-order valence-electron chi connectivity index (χ2n) is 5.19. The first kappa shape index (κ1) is 13.2. The van der Waals surface area contributed by atoms with Crippen molar-refractivity contribution in [3.05, 3.63) is 0 Å². The molecule has 1 N–H and O–H groups in total. The minimum absolute atomic E-state index is 0.715. The molecule has 0 aromatic carbocycles. The van der Waals surface area contributed by atoms with Crippen LogP contribution in [0.5, 0.6) is 0 Å². The highest BCUT2D eigenvalue weighted by atomic mass is 32.2. The molecular weight excluding hydrogens is 230 g/mol. The number of hydrogen-bond donors (Lipinski definition) is 1. The monoisotopic (exact) mass is 255 g/mol. The Hall–Kier alpha value is -0.220. The van der Waals surface area contributed by atoms with Crippen molar-refractivity contribution in [3.63, 3.8) is 0 Å². The molecule has 0 amide bonds. The van der Waals surface area contributed by atoms with Crippen LogP contribution in [0.15, 0.2) is 4.99 Å². The summed E-state index contributed by atoms with van der Waals surface area (Å²) in [5.41, 5.74) is 0. The number of likely N-dealkylation sites (N-methyl/N-ethyl adjacent to an activating group) is 1. The van der Waals surface area contributed by atoms with Crippen molar-refractivity contribution in [3.8, 4) is 0 Å². The van der Waals surface area contributed by atoms with E-state index in [1.165, 1.54) is 36.6 Å². The topological polar surface area (TPSA) is 27.6 Å². The summed E-state index contributed by atoms with van der Waals surface area (Å²) in [7, 11) is 2.15. The number of rotatable bonds is 4. The van der Waals surface area contributed by atoms with Crippen LogP contribution in [0, 0.1) is 5.92 Å². The van der Waals surface area contributed by atoms with E-state index in [4.69, 9.17) is 0 Å². The molecule has 0 aromatic heterocycles. The minimum atomic E-state index is 0.715. The lowest BCUT2D eigenvalue weighted by molar-refractivity contribution is 0.310. The Morgan fingerprint density at radius 3 is 3.06 bits per heavy atom. The van der Waals surface area contributed by atoms with Gasteiger partial charge in [-0.05, 0) is 32.4 Å². The van der Waals surface area contributed by atoms with Crippen LogP contribution < -0.4 is 5.32 Å². The van der Waals surface area contributed by atoms with Gasteiger partial charge in [-0.2, -0.15) is 0 Å². The van der Waals surface area contributed by atoms with Gasteiger partial charge in [-0.25, -0.2) is 0 Å². The summed E-state index contributed by atoms with van der Waals surface area (Å²) < 4.78 is 0. The lowest BCUT2D eigenvalue weighted by Gasteiger charge is -2.36. The molecular formula is C13H25N3S. The van der Waals surface area contributed by atoms with Crippen molar-refractivity contribution in [2.45, 2.75) is 38.6 Å². The Morgan fingerprint density at radius 2 is 2.24 bits per heavy atom. The Balaban J connectivity index is 1.76. The zero-order valence-corrected chi connectivity index (χ0v) is 11.9. The van der Waals surface area contributed by atoms with Crippen LogP contribution >= 0.6 is 11.8 Å². The molecule has 1 aliphatic carbocycles. The van der Waals surface area contributed by atoms with E-state index in [1.54, 1.807) is 0 Å². The van der Waals surface area contributed by atoms with Crippen molar-refractivity contribution in [1.29, 1.82) is 0 Å². The second kappa shape index (κ2) is 6.64. The van der Waals surface area contributed by atoms with Crippen molar-refractivity contribution >= 4 is 16.9 Å². The van der Waals surface area contributed by atoms with E-state index < -0.39 is 0 Å². The molecule has 1 saturated carbocycles. The van der Waals surface area contributed by atoms with E-state index in [1.807, 2.05) is 11.8 Å². The molecule has 0 bridgehead atoms. The number of aliphatic imine (C=N–C) groups is 1. The van der Waals surface area contributed by atoms with Crippen LogP contribution in [-0.4, -0.2) is 48.5 Å². The average Bonchev–Trinajstić information content (AvgIpc) is 2.38. The minimum Gasteiger partial charge on any atom is -0.362 e. The molecule has 4 heteroatoms. The van der Waals surface area contributed by atoms with Crippen molar-refractivity contribution < 1.29 is 0 Å². The summed E-state index contributed by atoms with van der Waals surface area (Å²) in [6, 6.07) is 0.715. The number of hydrogen-bond acceptors (Lipinski definition) is 3. The van der Waals surface area contributed by atoms with Gasteiger partial charge in [-0.3, -0.25) is 4.99 Å². The van der Waals surface area contributed by atoms with Gasteiger partial charge in [0, 0.05) is 18.3 Å². The smallest absolute Gasteiger partial charge is 0.156 e. The largest absolute Gasteiger partial charge is 0.362 e. The third-order valence-electron chi connectivity index (χ3n) is 3.93. The number of thioether (sulfide) groups is 1. The van der Waals surface area contributed by atoms with Gasteiger partial charge in [0.05, 0.1) is 6.54 Å². The number of nitrogens with zero attached hydrogens (tertiary/aromatic N) is 2. The van der Waals surface area contributed by atoms with Crippen LogP contribution in [0.4, 0.5) is 0 Å². The molecule has 1 aliphatic heterocycles. The standard InChI is InChI=1S/C13H25N3S/c1-3-16(2)9-8-14-13-15-12-7-5-4-6-11(12)10-17-13/h11-12H,3-10H2,1-2H3,(H,14,15). The molecule has 98 valence electrons. The first-order valence-electron chi connectivity index (χ1n) is 6.92. The predicted octanol–water partition coefficient (Wildman–Crippen LogP) is 2.19. The third-order valence-corrected chi connectivity index (χ3v) is 5.04.